The van der Waals surface area contributed by atoms with Crippen LogP contribution in [0.1, 0.15) is 61.1 Å². The monoisotopic (exact) mass is 322 g/mol. The van der Waals surface area contributed by atoms with Gasteiger partial charge in [-0.2, -0.15) is 0 Å². The third-order valence-corrected chi connectivity index (χ3v) is 4.89. The average Bonchev–Trinajstić information content (AvgIpc) is 2.55. The molecule has 0 saturated heterocycles. The van der Waals surface area contributed by atoms with Gasteiger partial charge in [0.25, 0.3) is 0 Å². The third kappa shape index (κ3) is 1.76. The Kier molecular flexibility index (Phi) is 2.84. The quantitative estimate of drug-likeness (QED) is 0.661. The second-order valence-electron chi connectivity index (χ2n) is 6.48. The van der Waals surface area contributed by atoms with Crippen LogP contribution in [0, 0.1) is 0 Å². The summed E-state index contributed by atoms with van der Waals surface area (Å²) in [7, 11) is 0. The number of phenolic OH excluding ortho intramolecular Hbond substituents is 1. The Morgan fingerprint density at radius 2 is 1.54 bits per heavy atom. The number of hydrogen-bond donors (Lipinski definition) is 2. The lowest BCUT2D eigenvalue weighted by Gasteiger charge is -2.31. The molecule has 4 rings (SSSR count). The van der Waals surface area contributed by atoms with Crippen molar-refractivity contribution in [3.8, 4) is 5.75 Å². The molecule has 0 heterocycles. The van der Waals surface area contributed by atoms with Crippen molar-refractivity contribution in [1.82, 2.24) is 0 Å². The van der Waals surface area contributed by atoms with Crippen LogP contribution in [0.4, 0.5) is 0 Å². The van der Waals surface area contributed by atoms with Gasteiger partial charge in [0.1, 0.15) is 11.4 Å². The summed E-state index contributed by atoms with van der Waals surface area (Å²) in [5, 5.41) is 20.1. The van der Waals surface area contributed by atoms with E-state index >= 15 is 0 Å². The Hall–Kier alpha value is -2.79. The van der Waals surface area contributed by atoms with Crippen LogP contribution >= 0.6 is 0 Å². The van der Waals surface area contributed by atoms with Gasteiger partial charge in [-0.05, 0) is 37.5 Å². The lowest BCUT2D eigenvalue weighted by Crippen LogP contribution is -2.40. The van der Waals surface area contributed by atoms with Gasteiger partial charge >= 0.3 is 0 Å². The third-order valence-electron chi connectivity index (χ3n) is 4.89. The van der Waals surface area contributed by atoms with Crippen LogP contribution in [-0.2, 0) is 6.42 Å². The number of rotatable bonds is 0. The standard InChI is InChI=1S/C19H14O5/c1-19(24)8-7-9-10(18(19)23)5-6-12-14(9)16(21)11-3-2-4-13(20)15(11)17(12)22/h2-6,20,24H,7-8H2,1H3/t19-/m1/s1. The van der Waals surface area contributed by atoms with Gasteiger partial charge in [0.15, 0.2) is 17.3 Å². The van der Waals surface area contributed by atoms with E-state index < -0.39 is 17.2 Å². The van der Waals surface area contributed by atoms with Gasteiger partial charge in [0.2, 0.25) is 0 Å². The minimum absolute atomic E-state index is 0.00378. The van der Waals surface area contributed by atoms with Crippen LogP contribution in [0.25, 0.3) is 0 Å². The maximum absolute atomic E-state index is 12.9. The number of Topliss-reactive ketones (excluding diaryl/α,β-unsaturated/α-hetero) is 1. The second kappa shape index (κ2) is 4.61. The van der Waals surface area contributed by atoms with Crippen LogP contribution in [0.15, 0.2) is 30.3 Å². The molecule has 0 spiro atoms. The highest BCUT2D eigenvalue weighted by Crippen LogP contribution is 2.38. The molecule has 2 N–H and O–H groups in total. The summed E-state index contributed by atoms with van der Waals surface area (Å²) in [6.45, 7) is 1.46. The predicted molar refractivity (Wildman–Crippen MR) is 84.7 cm³/mol. The molecule has 120 valence electrons. The van der Waals surface area contributed by atoms with E-state index in [0.717, 1.165) is 0 Å². The molecule has 0 radical (unpaired) electrons. The molecule has 2 aromatic rings. The highest BCUT2D eigenvalue weighted by molar-refractivity contribution is 6.30. The highest BCUT2D eigenvalue weighted by Gasteiger charge is 2.41. The largest absolute Gasteiger partial charge is 0.507 e. The normalized spacial score (nSPS) is 22.0. The number of phenols is 1. The minimum atomic E-state index is -1.46. The maximum Gasteiger partial charge on any atom is 0.198 e. The summed E-state index contributed by atoms with van der Waals surface area (Å²) in [5.74, 6) is -1.46. The van der Waals surface area contributed by atoms with Crippen molar-refractivity contribution < 1.29 is 24.6 Å². The number of benzene rings is 2. The van der Waals surface area contributed by atoms with E-state index in [1.807, 2.05) is 0 Å². The van der Waals surface area contributed by atoms with E-state index in [1.54, 1.807) is 0 Å². The molecule has 0 unspecified atom stereocenters. The highest BCUT2D eigenvalue weighted by atomic mass is 16.3. The molecule has 5 heteroatoms. The molecular weight excluding hydrogens is 308 g/mol. The van der Waals surface area contributed by atoms with Crippen LogP contribution in [0.2, 0.25) is 0 Å². The smallest absolute Gasteiger partial charge is 0.198 e. The van der Waals surface area contributed by atoms with Crippen LogP contribution < -0.4 is 0 Å². The first-order valence-corrected chi connectivity index (χ1v) is 7.67. The van der Waals surface area contributed by atoms with Crippen LogP contribution in [0.5, 0.6) is 5.75 Å². The van der Waals surface area contributed by atoms with Gasteiger partial charge < -0.3 is 10.2 Å². The molecule has 2 aromatic carbocycles. The molecule has 0 saturated carbocycles. The van der Waals surface area contributed by atoms with E-state index in [2.05, 4.69) is 0 Å². The first-order chi connectivity index (χ1) is 11.3. The fraction of sp³-hybridized carbons (Fsp3) is 0.211. The zero-order valence-corrected chi connectivity index (χ0v) is 12.9. The zero-order chi connectivity index (χ0) is 17.2. The molecular formula is C19H14O5. The second-order valence-corrected chi connectivity index (χ2v) is 6.48. The first-order valence-electron chi connectivity index (χ1n) is 7.67. The molecule has 0 aliphatic heterocycles. The molecule has 2 aliphatic rings. The summed E-state index contributed by atoms with van der Waals surface area (Å²) in [6.07, 6.45) is 0.536. The lowest BCUT2D eigenvalue weighted by molar-refractivity contribution is 0.0340. The molecule has 0 bridgehead atoms. The van der Waals surface area contributed by atoms with Crippen molar-refractivity contribution in [1.29, 1.82) is 0 Å². The molecule has 24 heavy (non-hydrogen) atoms. The Morgan fingerprint density at radius 1 is 0.917 bits per heavy atom. The number of aliphatic hydroxyl groups is 1. The van der Waals surface area contributed by atoms with Crippen molar-refractivity contribution in [2.45, 2.75) is 25.4 Å². The summed E-state index contributed by atoms with van der Waals surface area (Å²) >= 11 is 0. The van der Waals surface area contributed by atoms with Gasteiger partial charge in [-0.1, -0.05) is 18.2 Å². The number of carbonyl (C=O) groups excluding carboxylic acids is 3. The fourth-order valence-corrected chi connectivity index (χ4v) is 3.58. The zero-order valence-electron chi connectivity index (χ0n) is 12.9. The Morgan fingerprint density at radius 3 is 2.29 bits per heavy atom. The van der Waals surface area contributed by atoms with Gasteiger partial charge in [-0.15, -0.1) is 0 Å². The van der Waals surface area contributed by atoms with E-state index in [9.17, 15) is 24.6 Å². The molecule has 1 atom stereocenters. The van der Waals surface area contributed by atoms with Crippen molar-refractivity contribution >= 4 is 17.3 Å². The molecule has 0 fully saturated rings. The Bertz CT molecular complexity index is 952. The lowest BCUT2D eigenvalue weighted by atomic mass is 9.73. The maximum atomic E-state index is 12.9. The molecule has 5 nitrogen and oxygen atoms in total. The van der Waals surface area contributed by atoms with Crippen molar-refractivity contribution in [3.63, 3.8) is 0 Å². The SMILES string of the molecule is C[C@@]1(O)CCc2c(ccc3c2C(=O)c2cccc(O)c2C3=O)C1=O. The summed E-state index contributed by atoms with van der Waals surface area (Å²) in [6, 6.07) is 7.30. The van der Waals surface area contributed by atoms with Crippen LogP contribution in [0.3, 0.4) is 0 Å². The van der Waals surface area contributed by atoms with Crippen LogP contribution in [-0.4, -0.2) is 33.2 Å². The molecule has 2 aliphatic carbocycles. The fourth-order valence-electron chi connectivity index (χ4n) is 3.58. The minimum Gasteiger partial charge on any atom is -0.507 e. The van der Waals surface area contributed by atoms with Gasteiger partial charge in [0.05, 0.1) is 5.56 Å². The van der Waals surface area contributed by atoms with Crippen molar-refractivity contribution in [2.24, 2.45) is 0 Å². The molecule has 0 aromatic heterocycles. The summed E-state index contributed by atoms with van der Waals surface area (Å²) in [4.78, 5) is 38.1. The topological polar surface area (TPSA) is 91.7 Å². The average molecular weight is 322 g/mol. The van der Waals surface area contributed by atoms with Gasteiger partial charge in [0, 0.05) is 22.3 Å². The van der Waals surface area contributed by atoms with Crippen molar-refractivity contribution in [2.75, 3.05) is 0 Å². The Balaban J connectivity index is 2.00. The van der Waals surface area contributed by atoms with Crippen molar-refractivity contribution in [3.05, 3.63) is 63.7 Å². The van der Waals surface area contributed by atoms with Gasteiger partial charge in [-0.3, -0.25) is 14.4 Å². The first kappa shape index (κ1) is 14.8. The number of aromatic hydroxyl groups is 1. The van der Waals surface area contributed by atoms with E-state index in [1.165, 1.54) is 37.3 Å². The van der Waals surface area contributed by atoms with E-state index in [-0.39, 0.29) is 45.8 Å². The number of hydrogen-bond acceptors (Lipinski definition) is 5. The van der Waals surface area contributed by atoms with E-state index in [0.29, 0.717) is 12.0 Å². The number of carbonyl (C=O) groups is 3. The summed E-state index contributed by atoms with van der Waals surface area (Å²) in [5.41, 5.74) is -0.0958. The number of fused-ring (bicyclic) bond motifs is 4. The Labute approximate surface area is 137 Å². The number of ketones is 3. The summed E-state index contributed by atoms with van der Waals surface area (Å²) < 4.78 is 0. The molecule has 0 amide bonds. The van der Waals surface area contributed by atoms with Gasteiger partial charge in [-0.25, -0.2) is 0 Å². The van der Waals surface area contributed by atoms with E-state index in [4.69, 9.17) is 0 Å². The predicted octanol–water partition coefficient (Wildman–Crippen LogP) is 2.05.